The minimum Gasteiger partial charge on any atom is -0.481 e. The standard InChI is InChI=1S/C24H34IN5O4Si/c1-16-19(22(31)32)24(14-34-16)5-8-28(9-6-24)23-27-21-18(20-26-7-10-30(20)23)17(25)13-29(21)15-33-11-12-35(2,3)4/h7,10,13,16,19H,5-6,8-9,11-12,14-15H2,1-4H3,(H,31,32)/t16-,19-/m0/s1. The number of nitrogens with zero attached hydrogens (tertiary/aromatic N) is 5. The first kappa shape index (κ1) is 25.0. The fourth-order valence-corrected chi connectivity index (χ4v) is 7.13. The third kappa shape index (κ3) is 4.60. The number of fused-ring (bicyclic) bond motifs is 3. The molecule has 2 atom stereocenters. The molecule has 0 saturated carbocycles. The maximum absolute atomic E-state index is 12.0. The van der Waals surface area contributed by atoms with E-state index in [0.29, 0.717) is 13.3 Å². The second kappa shape index (κ2) is 9.31. The molecule has 5 heterocycles. The summed E-state index contributed by atoms with van der Waals surface area (Å²) >= 11 is 2.35. The summed E-state index contributed by atoms with van der Waals surface area (Å²) in [6, 6.07) is 1.13. The van der Waals surface area contributed by atoms with E-state index < -0.39 is 20.0 Å². The van der Waals surface area contributed by atoms with Crippen LogP contribution in [0.15, 0.2) is 18.6 Å². The molecule has 0 bridgehead atoms. The first-order valence-corrected chi connectivity index (χ1v) is 17.1. The average Bonchev–Trinajstić information content (AvgIpc) is 3.47. The fourth-order valence-electron chi connectivity index (χ4n) is 5.55. The van der Waals surface area contributed by atoms with Gasteiger partial charge in [0.05, 0.1) is 24.0 Å². The van der Waals surface area contributed by atoms with E-state index in [1.165, 1.54) is 0 Å². The molecule has 11 heteroatoms. The average molecular weight is 612 g/mol. The van der Waals surface area contributed by atoms with Crippen molar-refractivity contribution in [2.45, 2.75) is 58.3 Å². The van der Waals surface area contributed by atoms with Crippen molar-refractivity contribution in [3.8, 4) is 0 Å². The number of carboxylic acids is 1. The quantitative estimate of drug-likeness (QED) is 0.242. The van der Waals surface area contributed by atoms with Gasteiger partial charge < -0.3 is 24.0 Å². The molecule has 190 valence electrons. The molecule has 3 aromatic heterocycles. The van der Waals surface area contributed by atoms with Crippen molar-refractivity contribution in [3.63, 3.8) is 0 Å². The Bertz CT molecular complexity index is 1240. The number of halogens is 1. The van der Waals surface area contributed by atoms with E-state index in [-0.39, 0.29) is 11.5 Å². The Morgan fingerprint density at radius 3 is 2.74 bits per heavy atom. The van der Waals surface area contributed by atoms with Crippen LogP contribution in [0.2, 0.25) is 25.7 Å². The minimum absolute atomic E-state index is 0.250. The van der Waals surface area contributed by atoms with Crippen molar-refractivity contribution in [1.82, 2.24) is 18.9 Å². The van der Waals surface area contributed by atoms with Gasteiger partial charge in [-0.15, -0.1) is 0 Å². The van der Waals surface area contributed by atoms with Crippen molar-refractivity contribution >= 4 is 59.3 Å². The van der Waals surface area contributed by atoms with E-state index in [1.54, 1.807) is 0 Å². The molecule has 0 aromatic carbocycles. The predicted molar refractivity (Wildman–Crippen MR) is 146 cm³/mol. The maximum atomic E-state index is 12.0. The number of rotatable bonds is 7. The molecule has 3 aromatic rings. The maximum Gasteiger partial charge on any atom is 0.309 e. The molecular weight excluding hydrogens is 577 g/mol. The Kier molecular flexibility index (Phi) is 6.64. The van der Waals surface area contributed by atoms with Crippen LogP contribution in [0.5, 0.6) is 0 Å². The summed E-state index contributed by atoms with van der Waals surface area (Å²) in [7, 11) is -1.15. The zero-order valence-electron chi connectivity index (χ0n) is 20.8. The van der Waals surface area contributed by atoms with Gasteiger partial charge in [-0.1, -0.05) is 19.6 Å². The smallest absolute Gasteiger partial charge is 0.309 e. The van der Waals surface area contributed by atoms with Gasteiger partial charge in [0, 0.05) is 55.3 Å². The molecule has 9 nitrogen and oxygen atoms in total. The van der Waals surface area contributed by atoms with Crippen LogP contribution in [0.1, 0.15) is 19.8 Å². The third-order valence-corrected chi connectivity index (χ3v) is 10.1. The highest BCUT2D eigenvalue weighted by Gasteiger charge is 2.53. The van der Waals surface area contributed by atoms with Crippen LogP contribution in [-0.2, 0) is 21.0 Å². The molecule has 0 unspecified atom stereocenters. The minimum atomic E-state index is -1.15. The van der Waals surface area contributed by atoms with Crippen molar-refractivity contribution < 1.29 is 19.4 Å². The van der Waals surface area contributed by atoms with E-state index in [0.717, 1.165) is 64.8 Å². The molecule has 2 saturated heterocycles. The lowest BCUT2D eigenvalue weighted by atomic mass is 9.69. The van der Waals surface area contributed by atoms with Crippen LogP contribution in [0.3, 0.4) is 0 Å². The Morgan fingerprint density at radius 1 is 1.31 bits per heavy atom. The van der Waals surface area contributed by atoms with Crippen LogP contribution in [0.25, 0.3) is 16.7 Å². The second-order valence-corrected chi connectivity index (χ2v) is 18.0. The van der Waals surface area contributed by atoms with Crippen LogP contribution in [0.4, 0.5) is 5.95 Å². The largest absolute Gasteiger partial charge is 0.481 e. The third-order valence-electron chi connectivity index (χ3n) is 7.59. The molecule has 0 amide bonds. The number of anilines is 1. The highest BCUT2D eigenvalue weighted by Crippen LogP contribution is 2.47. The van der Waals surface area contributed by atoms with Crippen molar-refractivity contribution in [1.29, 1.82) is 0 Å². The highest BCUT2D eigenvalue weighted by molar-refractivity contribution is 14.1. The van der Waals surface area contributed by atoms with Crippen molar-refractivity contribution in [2.75, 3.05) is 31.2 Å². The Balaban J connectivity index is 1.42. The van der Waals surface area contributed by atoms with Crippen molar-refractivity contribution in [2.24, 2.45) is 11.3 Å². The van der Waals surface area contributed by atoms with E-state index in [1.807, 2.05) is 19.3 Å². The van der Waals surface area contributed by atoms with Gasteiger partial charge in [0.2, 0.25) is 5.95 Å². The molecular formula is C24H34IN5O4Si. The highest BCUT2D eigenvalue weighted by atomic mass is 127. The Labute approximate surface area is 220 Å². The molecule has 1 spiro atoms. The summed E-state index contributed by atoms with van der Waals surface area (Å²) in [5.74, 6) is -0.362. The Hall–Kier alpha value is -1.70. The summed E-state index contributed by atoms with van der Waals surface area (Å²) < 4.78 is 17.1. The first-order chi connectivity index (χ1) is 16.6. The summed E-state index contributed by atoms with van der Waals surface area (Å²) in [6.07, 6.45) is 7.15. The van der Waals surface area contributed by atoms with Gasteiger partial charge >= 0.3 is 5.97 Å². The van der Waals surface area contributed by atoms with Gasteiger partial charge in [-0.3, -0.25) is 9.20 Å². The molecule has 35 heavy (non-hydrogen) atoms. The lowest BCUT2D eigenvalue weighted by Crippen LogP contribution is -2.47. The van der Waals surface area contributed by atoms with E-state index >= 15 is 0 Å². The Morgan fingerprint density at radius 2 is 2.06 bits per heavy atom. The number of hydrogen-bond donors (Lipinski definition) is 1. The normalized spacial score (nSPS) is 22.6. The van der Waals surface area contributed by atoms with Crippen LogP contribution < -0.4 is 4.90 Å². The number of hydrogen-bond acceptors (Lipinski definition) is 6. The lowest BCUT2D eigenvalue weighted by Gasteiger charge is -2.41. The molecule has 1 N–H and O–H groups in total. The first-order valence-electron chi connectivity index (χ1n) is 12.3. The van der Waals surface area contributed by atoms with E-state index in [9.17, 15) is 9.90 Å². The van der Waals surface area contributed by atoms with Gasteiger partial charge in [-0.05, 0) is 48.4 Å². The monoisotopic (exact) mass is 611 g/mol. The van der Waals surface area contributed by atoms with Gasteiger partial charge in [-0.2, -0.15) is 4.98 Å². The summed E-state index contributed by atoms with van der Waals surface area (Å²) in [4.78, 5) is 24.0. The SMILES string of the molecule is C[C@@H]1OCC2(CCN(c3nc4c(c(I)cn4COCC[Si](C)(C)C)c4nccn34)CC2)[C@@H]1C(=O)O. The lowest BCUT2D eigenvalue weighted by molar-refractivity contribution is -0.146. The number of carboxylic acid groups (broad SMARTS) is 1. The molecule has 2 fully saturated rings. The van der Waals surface area contributed by atoms with E-state index in [4.69, 9.17) is 14.5 Å². The van der Waals surface area contributed by atoms with Crippen LogP contribution in [-0.4, -0.2) is 70.5 Å². The predicted octanol–water partition coefficient (Wildman–Crippen LogP) is 4.31. The summed E-state index contributed by atoms with van der Waals surface area (Å²) in [5.41, 5.74) is 1.45. The topological polar surface area (TPSA) is 94.1 Å². The van der Waals surface area contributed by atoms with Gasteiger partial charge in [-0.25, -0.2) is 4.98 Å². The summed E-state index contributed by atoms with van der Waals surface area (Å²) in [5, 5.41) is 10.9. The van der Waals surface area contributed by atoms with Crippen LogP contribution in [0, 0.1) is 14.9 Å². The van der Waals surface area contributed by atoms with Gasteiger partial charge in [0.15, 0.2) is 11.3 Å². The van der Waals surface area contributed by atoms with Crippen LogP contribution >= 0.6 is 22.6 Å². The molecule has 2 aliphatic heterocycles. The number of ether oxygens (including phenoxy) is 2. The van der Waals surface area contributed by atoms with Gasteiger partial charge in [0.25, 0.3) is 0 Å². The second-order valence-electron chi connectivity index (χ2n) is 11.2. The number of aliphatic carboxylic acids is 1. The number of imidazole rings is 1. The molecule has 2 aliphatic rings. The molecule has 0 radical (unpaired) electrons. The van der Waals surface area contributed by atoms with Gasteiger partial charge in [0.1, 0.15) is 6.73 Å². The van der Waals surface area contributed by atoms with E-state index in [2.05, 4.69) is 67.3 Å². The fraction of sp³-hybridized carbons (Fsp3) is 0.625. The molecule has 0 aliphatic carbocycles. The zero-order valence-corrected chi connectivity index (χ0v) is 24.0. The van der Waals surface area contributed by atoms with Crippen molar-refractivity contribution in [3.05, 3.63) is 22.2 Å². The number of piperidine rings is 1. The summed E-state index contributed by atoms with van der Waals surface area (Å²) in [6.45, 7) is 12.1. The number of aromatic nitrogens is 4. The molecule has 5 rings (SSSR count). The number of carbonyl (C=O) groups is 1. The zero-order chi connectivity index (χ0) is 25.0.